The van der Waals surface area contributed by atoms with Crippen molar-refractivity contribution in [3.05, 3.63) is 54.3 Å². The molecule has 0 fully saturated rings. The van der Waals surface area contributed by atoms with Crippen molar-refractivity contribution in [1.82, 2.24) is 20.1 Å². The zero-order valence-corrected chi connectivity index (χ0v) is 11.6. The maximum absolute atomic E-state index is 12.4. The van der Waals surface area contributed by atoms with Crippen LogP contribution in [0.15, 0.2) is 47.4 Å². The quantitative estimate of drug-likeness (QED) is 0.795. The van der Waals surface area contributed by atoms with E-state index < -0.39 is 12.1 Å². The number of aromatic nitrogens is 4. The molecule has 0 aliphatic rings. The van der Waals surface area contributed by atoms with Crippen molar-refractivity contribution in [2.45, 2.75) is 12.7 Å². The average Bonchev–Trinajstić information content (AvgIpc) is 3.05. The molecule has 3 rings (SSSR count). The minimum atomic E-state index is -4.65. The number of rotatable bonds is 4. The maximum Gasteiger partial charge on any atom is 0.471 e. The normalized spacial score (nSPS) is 11.4. The third-order valence-electron chi connectivity index (χ3n) is 2.92. The summed E-state index contributed by atoms with van der Waals surface area (Å²) < 4.78 is 41.5. The van der Waals surface area contributed by atoms with Gasteiger partial charge in [0.2, 0.25) is 5.82 Å². The number of nitrogens with one attached hydrogen (secondary N) is 1. The molecule has 3 aromatic rings. The van der Waals surface area contributed by atoms with Gasteiger partial charge in [0, 0.05) is 24.5 Å². The molecule has 0 aliphatic heterocycles. The van der Waals surface area contributed by atoms with E-state index in [2.05, 4.69) is 29.9 Å². The molecule has 0 saturated heterocycles. The highest BCUT2D eigenvalue weighted by molar-refractivity contribution is 5.54. The maximum atomic E-state index is 12.4. The fraction of sp³-hybridized carbons (Fsp3) is 0.143. The van der Waals surface area contributed by atoms with E-state index in [9.17, 15) is 13.2 Å². The first kappa shape index (κ1) is 14.9. The second-order valence-electron chi connectivity index (χ2n) is 4.56. The van der Waals surface area contributed by atoms with Crippen LogP contribution in [0, 0.1) is 0 Å². The second-order valence-corrected chi connectivity index (χ2v) is 4.56. The average molecular weight is 321 g/mol. The summed E-state index contributed by atoms with van der Waals surface area (Å²) in [4.78, 5) is 11.3. The van der Waals surface area contributed by atoms with Gasteiger partial charge in [-0.15, -0.1) is 0 Å². The summed E-state index contributed by atoms with van der Waals surface area (Å²) in [5.74, 6) is -0.837. The number of benzene rings is 1. The third-order valence-corrected chi connectivity index (χ3v) is 2.92. The van der Waals surface area contributed by atoms with Gasteiger partial charge in [-0.25, -0.2) is 4.98 Å². The summed E-state index contributed by atoms with van der Waals surface area (Å²) in [7, 11) is 0. The van der Waals surface area contributed by atoms with Crippen LogP contribution in [0.4, 0.5) is 19.0 Å². The predicted molar refractivity (Wildman–Crippen MR) is 74.1 cm³/mol. The summed E-state index contributed by atoms with van der Waals surface area (Å²) in [6.45, 7) is 0.499. The zero-order chi connectivity index (χ0) is 16.3. The molecule has 9 heteroatoms. The van der Waals surface area contributed by atoms with E-state index in [1.165, 1.54) is 0 Å². The lowest BCUT2D eigenvalue weighted by Gasteiger charge is -2.05. The van der Waals surface area contributed by atoms with E-state index in [0.29, 0.717) is 17.9 Å². The van der Waals surface area contributed by atoms with Gasteiger partial charge >= 0.3 is 12.1 Å². The molecule has 0 bridgehead atoms. The lowest BCUT2D eigenvalue weighted by molar-refractivity contribution is -0.159. The Morgan fingerprint density at radius 1 is 1.09 bits per heavy atom. The Bertz CT molecular complexity index is 771. The Labute approximate surface area is 128 Å². The van der Waals surface area contributed by atoms with Crippen LogP contribution in [0.2, 0.25) is 0 Å². The van der Waals surface area contributed by atoms with E-state index in [1.807, 2.05) is 0 Å². The van der Waals surface area contributed by atoms with Crippen molar-refractivity contribution in [1.29, 1.82) is 0 Å². The Morgan fingerprint density at radius 2 is 1.87 bits per heavy atom. The lowest BCUT2D eigenvalue weighted by atomic mass is 10.1. The first-order chi connectivity index (χ1) is 11.0. The molecule has 0 atom stereocenters. The predicted octanol–water partition coefficient (Wildman–Crippen LogP) is 3.16. The number of hydrogen-bond donors (Lipinski definition) is 1. The van der Waals surface area contributed by atoms with Crippen LogP contribution in [0.5, 0.6) is 0 Å². The van der Waals surface area contributed by atoms with Gasteiger partial charge in [-0.3, -0.25) is 4.98 Å². The van der Waals surface area contributed by atoms with Crippen molar-refractivity contribution >= 4 is 5.82 Å². The third kappa shape index (κ3) is 3.62. The van der Waals surface area contributed by atoms with Gasteiger partial charge in [0.05, 0.1) is 6.20 Å². The van der Waals surface area contributed by atoms with Crippen molar-refractivity contribution in [3.63, 3.8) is 0 Å². The van der Waals surface area contributed by atoms with Crippen LogP contribution in [0.25, 0.3) is 11.4 Å². The Kier molecular flexibility index (Phi) is 3.92. The Morgan fingerprint density at radius 3 is 2.48 bits per heavy atom. The van der Waals surface area contributed by atoms with Crippen LogP contribution in [-0.2, 0) is 12.7 Å². The molecule has 1 aromatic carbocycles. The van der Waals surface area contributed by atoms with E-state index in [0.717, 1.165) is 5.56 Å². The summed E-state index contributed by atoms with van der Waals surface area (Å²) >= 11 is 0. The van der Waals surface area contributed by atoms with E-state index in [1.54, 1.807) is 42.9 Å². The van der Waals surface area contributed by atoms with Crippen molar-refractivity contribution in [3.8, 4) is 11.4 Å². The fourth-order valence-corrected chi connectivity index (χ4v) is 1.81. The van der Waals surface area contributed by atoms with Crippen LogP contribution >= 0.6 is 0 Å². The smallest absolute Gasteiger partial charge is 0.365 e. The van der Waals surface area contributed by atoms with Crippen molar-refractivity contribution in [2.75, 3.05) is 5.32 Å². The topological polar surface area (TPSA) is 76.7 Å². The Hall–Kier alpha value is -2.97. The molecule has 0 aliphatic carbocycles. The summed E-state index contributed by atoms with van der Waals surface area (Å²) in [6, 6.07) is 6.75. The number of hydrogen-bond acceptors (Lipinski definition) is 6. The SMILES string of the molecule is FC(F)(F)c1nc(-c2ccc(CNc3cnccn3)cc2)no1. The van der Waals surface area contributed by atoms with Crippen molar-refractivity contribution < 1.29 is 17.7 Å². The summed E-state index contributed by atoms with van der Waals surface area (Å²) in [6.07, 6.45) is 0.0815. The van der Waals surface area contributed by atoms with Gasteiger partial charge < -0.3 is 9.84 Å². The van der Waals surface area contributed by atoms with Gasteiger partial charge in [0.1, 0.15) is 5.82 Å². The zero-order valence-electron chi connectivity index (χ0n) is 11.6. The molecule has 1 N–H and O–H groups in total. The molecule has 0 spiro atoms. The molecule has 0 amide bonds. The first-order valence-electron chi connectivity index (χ1n) is 6.52. The van der Waals surface area contributed by atoms with Gasteiger partial charge in [-0.2, -0.15) is 18.2 Å². The van der Waals surface area contributed by atoms with E-state index >= 15 is 0 Å². The highest BCUT2D eigenvalue weighted by atomic mass is 19.4. The molecule has 2 aromatic heterocycles. The molecule has 0 saturated carbocycles. The molecule has 23 heavy (non-hydrogen) atoms. The number of anilines is 1. The van der Waals surface area contributed by atoms with Crippen LogP contribution in [0.1, 0.15) is 11.5 Å². The molecular formula is C14H10F3N5O. The van der Waals surface area contributed by atoms with Crippen LogP contribution in [-0.4, -0.2) is 20.1 Å². The summed E-state index contributed by atoms with van der Waals surface area (Å²) in [5, 5.41) is 6.41. The lowest BCUT2D eigenvalue weighted by Crippen LogP contribution is -2.04. The second kappa shape index (κ2) is 6.03. The molecule has 2 heterocycles. The van der Waals surface area contributed by atoms with Gasteiger partial charge in [0.25, 0.3) is 0 Å². The van der Waals surface area contributed by atoms with Crippen molar-refractivity contribution in [2.24, 2.45) is 0 Å². The molecule has 0 unspecified atom stereocenters. The minimum Gasteiger partial charge on any atom is -0.365 e. The van der Waals surface area contributed by atoms with E-state index in [4.69, 9.17) is 0 Å². The van der Waals surface area contributed by atoms with Gasteiger partial charge in [0.15, 0.2) is 0 Å². The standard InChI is InChI=1S/C14H10F3N5O/c15-14(16,17)13-21-12(22-23-13)10-3-1-9(2-4-10)7-20-11-8-18-5-6-19-11/h1-6,8H,7H2,(H,19,20). The largest absolute Gasteiger partial charge is 0.471 e. The van der Waals surface area contributed by atoms with Gasteiger partial charge in [-0.1, -0.05) is 29.4 Å². The van der Waals surface area contributed by atoms with Gasteiger partial charge in [-0.05, 0) is 5.56 Å². The minimum absolute atomic E-state index is 0.106. The van der Waals surface area contributed by atoms with Crippen LogP contribution < -0.4 is 5.32 Å². The monoisotopic (exact) mass is 321 g/mol. The number of alkyl halides is 3. The molecule has 118 valence electrons. The number of halogens is 3. The van der Waals surface area contributed by atoms with E-state index in [-0.39, 0.29) is 5.82 Å². The first-order valence-corrected chi connectivity index (χ1v) is 6.52. The highest BCUT2D eigenvalue weighted by Crippen LogP contribution is 2.29. The fourth-order valence-electron chi connectivity index (χ4n) is 1.81. The summed E-state index contributed by atoms with van der Waals surface area (Å²) in [5.41, 5.74) is 1.35. The molecule has 6 nitrogen and oxygen atoms in total. The molecule has 0 radical (unpaired) electrons. The molecular weight excluding hydrogens is 311 g/mol. The van der Waals surface area contributed by atoms with Crippen LogP contribution in [0.3, 0.4) is 0 Å². The highest BCUT2D eigenvalue weighted by Gasteiger charge is 2.38. The number of nitrogens with zero attached hydrogens (tertiary/aromatic N) is 4. The Balaban J connectivity index is 1.68.